The minimum Gasteiger partial charge on any atom is -1.00 e. The van der Waals surface area contributed by atoms with Crippen LogP contribution in [0.5, 0.6) is 0 Å². The van der Waals surface area contributed by atoms with Crippen LogP contribution in [0.3, 0.4) is 0 Å². The topological polar surface area (TPSA) is 0 Å². The summed E-state index contributed by atoms with van der Waals surface area (Å²) in [6.45, 7) is 6.45. The van der Waals surface area contributed by atoms with Crippen molar-refractivity contribution in [3.05, 3.63) is 83.0 Å². The van der Waals surface area contributed by atoms with Gasteiger partial charge in [0.25, 0.3) is 0 Å². The molecule has 0 saturated carbocycles. The van der Waals surface area contributed by atoms with E-state index in [4.69, 9.17) is 0 Å². The first-order chi connectivity index (χ1) is 11.1. The second kappa shape index (κ2) is 9.81. The van der Waals surface area contributed by atoms with Crippen molar-refractivity contribution >= 4 is 3.21 Å². The Morgan fingerprint density at radius 1 is 1.04 bits per heavy atom. The molecule has 0 saturated heterocycles. The Morgan fingerprint density at radius 2 is 1.64 bits per heavy atom. The van der Waals surface area contributed by atoms with Crippen LogP contribution in [0.4, 0.5) is 0 Å². The third kappa shape index (κ3) is 5.13. The molecule has 0 atom stereocenters. The number of aryl methyl sites for hydroxylation is 1. The molecule has 4 rings (SSSR count). The predicted octanol–water partition coefficient (Wildman–Crippen LogP) is -0.671. The summed E-state index contributed by atoms with van der Waals surface area (Å²) in [5.41, 5.74) is 8.23. The van der Waals surface area contributed by atoms with E-state index < -0.39 is 0 Å². The van der Waals surface area contributed by atoms with Gasteiger partial charge in [-0.05, 0) is 12.3 Å². The standard InChI is InChI=1S/C19H15.C3H6.2ClH.Zr/c1-13-10-19-16(11-15-8-4-5-9-17(15)19)12-18(13)14-6-2-3-7-14;1-3-2;;;/h2-10,14H,11H2,1H3;1-2H3;2*1H;/q-1;;;;+2/p-2. The third-order valence-electron chi connectivity index (χ3n) is 4.15. The Hall–Kier alpha value is -0.747. The van der Waals surface area contributed by atoms with E-state index in [-0.39, 0.29) is 24.8 Å². The van der Waals surface area contributed by atoms with Crippen LogP contribution in [0.15, 0.2) is 54.6 Å². The largest absolute Gasteiger partial charge is 1.00 e. The van der Waals surface area contributed by atoms with E-state index in [1.807, 2.05) is 0 Å². The van der Waals surface area contributed by atoms with Crippen molar-refractivity contribution in [3.8, 4) is 11.1 Å². The Bertz CT molecular complexity index is 803. The van der Waals surface area contributed by atoms with Crippen LogP contribution >= 0.6 is 0 Å². The zero-order chi connectivity index (χ0) is 16.4. The van der Waals surface area contributed by atoms with E-state index in [9.17, 15) is 0 Å². The molecule has 0 aliphatic heterocycles. The average molecular weight is 448 g/mol. The Balaban J connectivity index is 0.000000476. The van der Waals surface area contributed by atoms with Crippen molar-refractivity contribution in [1.82, 2.24) is 0 Å². The van der Waals surface area contributed by atoms with Crippen LogP contribution in [-0.4, -0.2) is 3.21 Å². The number of fused-ring (bicyclic) bond motifs is 3. The molecule has 2 aliphatic carbocycles. The summed E-state index contributed by atoms with van der Waals surface area (Å²) < 4.78 is 1.51. The van der Waals surface area contributed by atoms with Gasteiger partial charge in [-0.25, -0.2) is 0 Å². The van der Waals surface area contributed by atoms with Gasteiger partial charge in [-0.2, -0.15) is 17.7 Å². The maximum Gasteiger partial charge on any atom is -0.00192 e. The van der Waals surface area contributed by atoms with Gasteiger partial charge in [0.15, 0.2) is 0 Å². The van der Waals surface area contributed by atoms with Gasteiger partial charge in [0.2, 0.25) is 0 Å². The Morgan fingerprint density at radius 3 is 2.28 bits per heavy atom. The summed E-state index contributed by atoms with van der Waals surface area (Å²) in [5.74, 6) is 0.411. The fraction of sp³-hybridized carbons (Fsp3) is 0.227. The van der Waals surface area contributed by atoms with Gasteiger partial charge in [-0.15, -0.1) is 16.7 Å². The molecule has 2 aliphatic rings. The molecule has 0 aromatic heterocycles. The average Bonchev–Trinajstić information content (AvgIpc) is 3.13. The first kappa shape index (κ1) is 22.3. The maximum atomic E-state index is 3.68. The molecule has 0 amide bonds. The monoisotopic (exact) mass is 445 g/mol. The molecule has 0 radical (unpaired) electrons. The quantitative estimate of drug-likeness (QED) is 0.434. The molecule has 0 fully saturated rings. The van der Waals surface area contributed by atoms with E-state index in [1.54, 1.807) is 24.2 Å². The van der Waals surface area contributed by atoms with Gasteiger partial charge in [-0.1, -0.05) is 66.6 Å². The summed E-state index contributed by atoms with van der Waals surface area (Å²) in [6.07, 6.45) is 9.76. The maximum absolute atomic E-state index is 3.68. The fourth-order valence-corrected chi connectivity index (χ4v) is 3.19. The summed E-state index contributed by atoms with van der Waals surface area (Å²) in [7, 11) is 0. The van der Waals surface area contributed by atoms with Crippen molar-refractivity contribution in [2.45, 2.75) is 33.1 Å². The fourth-order valence-electron chi connectivity index (χ4n) is 3.19. The van der Waals surface area contributed by atoms with Crippen molar-refractivity contribution in [1.29, 1.82) is 0 Å². The molecule has 0 heterocycles. The van der Waals surface area contributed by atoms with Gasteiger partial charge < -0.3 is 24.8 Å². The van der Waals surface area contributed by atoms with Gasteiger partial charge in [0, 0.05) is 0 Å². The second-order valence-electron chi connectivity index (χ2n) is 6.39. The number of benzene rings is 2. The van der Waals surface area contributed by atoms with E-state index >= 15 is 0 Å². The van der Waals surface area contributed by atoms with Crippen molar-refractivity contribution in [2.24, 2.45) is 0 Å². The normalized spacial score (nSPS) is 13.2. The van der Waals surface area contributed by atoms with Crippen LogP contribution in [0.2, 0.25) is 0 Å². The third-order valence-corrected chi connectivity index (χ3v) is 4.15. The van der Waals surface area contributed by atoms with Crippen LogP contribution in [0, 0.1) is 13.0 Å². The van der Waals surface area contributed by atoms with E-state index in [0.29, 0.717) is 5.92 Å². The van der Waals surface area contributed by atoms with Crippen LogP contribution in [0.25, 0.3) is 11.1 Å². The number of allylic oxidation sites excluding steroid dienone is 4. The molecule has 0 nitrogen and oxygen atoms in total. The SMILES string of the molecule is C[C](C)=[Zr+2].Cc1cc2c([c-]c1C1C=CC=C1)Cc1ccccc1-2.[Cl-].[Cl-]. The van der Waals surface area contributed by atoms with E-state index in [2.05, 4.69) is 81.5 Å². The first-order valence-corrected chi connectivity index (χ1v) is 9.30. The molecule has 25 heavy (non-hydrogen) atoms. The van der Waals surface area contributed by atoms with Crippen LogP contribution in [0.1, 0.15) is 42.0 Å². The minimum absolute atomic E-state index is 0. The molecule has 0 N–H and O–H groups in total. The molecule has 2 aromatic carbocycles. The molecule has 2 aromatic rings. The number of hydrogen-bond acceptors (Lipinski definition) is 0. The first-order valence-electron chi connectivity index (χ1n) is 8.07. The van der Waals surface area contributed by atoms with Gasteiger partial charge in [-0.3, -0.25) is 0 Å². The summed E-state index contributed by atoms with van der Waals surface area (Å²) >= 11 is 1.55. The minimum atomic E-state index is 0. The zero-order valence-corrected chi connectivity index (χ0v) is 18.7. The number of hydrogen-bond donors (Lipinski definition) is 0. The molecule has 3 heteroatoms. The Kier molecular flexibility index (Phi) is 8.75. The second-order valence-corrected chi connectivity index (χ2v) is 8.85. The van der Waals surface area contributed by atoms with Crippen molar-refractivity contribution < 1.29 is 49.0 Å². The van der Waals surface area contributed by atoms with Gasteiger partial charge in [0.1, 0.15) is 0 Å². The van der Waals surface area contributed by atoms with Crippen molar-refractivity contribution in [2.75, 3.05) is 0 Å². The Labute approximate surface area is 178 Å². The molecular weight excluding hydrogens is 426 g/mol. The molecule has 0 unspecified atom stereocenters. The smallest absolute Gasteiger partial charge is 0.00192 e. The van der Waals surface area contributed by atoms with Crippen molar-refractivity contribution in [3.63, 3.8) is 0 Å². The van der Waals surface area contributed by atoms with Crippen LogP contribution in [-0.2, 0) is 30.7 Å². The molecule has 0 spiro atoms. The van der Waals surface area contributed by atoms with Gasteiger partial charge in [0.05, 0.1) is 0 Å². The van der Waals surface area contributed by atoms with Gasteiger partial charge >= 0.3 is 41.3 Å². The van der Waals surface area contributed by atoms with E-state index in [0.717, 1.165) is 6.42 Å². The predicted molar refractivity (Wildman–Crippen MR) is 95.6 cm³/mol. The molecule has 0 bridgehead atoms. The summed E-state index contributed by atoms with van der Waals surface area (Å²) in [6, 6.07) is 14.7. The van der Waals surface area contributed by atoms with E-state index in [1.165, 1.54) is 36.6 Å². The zero-order valence-electron chi connectivity index (χ0n) is 14.7. The summed E-state index contributed by atoms with van der Waals surface area (Å²) in [4.78, 5) is 0. The molecular formula is C22H21Cl2Zr-. The number of halogens is 2. The van der Waals surface area contributed by atoms with Crippen LogP contribution < -0.4 is 24.8 Å². The summed E-state index contributed by atoms with van der Waals surface area (Å²) in [5, 5.41) is 0. The number of rotatable bonds is 1. The molecule has 128 valence electrons.